The van der Waals surface area contributed by atoms with Crippen LogP contribution in [0.25, 0.3) is 0 Å². The van der Waals surface area contributed by atoms with Crippen molar-refractivity contribution in [2.24, 2.45) is 0 Å². The molecular weight excluding hydrogens is 270 g/mol. The molecule has 3 fully saturated rings. The third kappa shape index (κ3) is 3.15. The zero-order chi connectivity index (χ0) is 13.9. The van der Waals surface area contributed by atoms with Gasteiger partial charge in [-0.25, -0.2) is 0 Å². The molecule has 114 valence electrons. The molecule has 5 heteroatoms. The molecule has 0 aromatic carbocycles. The molecule has 0 aliphatic carbocycles. The third-order valence-electron chi connectivity index (χ3n) is 5.14. The fourth-order valence-electron chi connectivity index (χ4n) is 3.83. The molecule has 0 unspecified atom stereocenters. The zero-order valence-electron chi connectivity index (χ0n) is 12.6. The molecule has 0 spiro atoms. The summed E-state index contributed by atoms with van der Waals surface area (Å²) in [7, 11) is 2.09. The molecule has 3 aliphatic rings. The quantitative estimate of drug-likeness (QED) is 0.763. The molecule has 0 aromatic rings. The average Bonchev–Trinajstić information content (AvgIpc) is 2.94. The zero-order valence-corrected chi connectivity index (χ0v) is 13.4. The van der Waals surface area contributed by atoms with Crippen LogP contribution in [0.3, 0.4) is 0 Å². The number of hydrogen-bond acceptors (Lipinski definition) is 4. The summed E-state index contributed by atoms with van der Waals surface area (Å²) in [4.78, 5) is 19.6. The molecule has 1 amide bonds. The second kappa shape index (κ2) is 6.67. The van der Waals surface area contributed by atoms with Gasteiger partial charge in [0, 0.05) is 43.7 Å². The van der Waals surface area contributed by atoms with Crippen molar-refractivity contribution in [2.45, 2.75) is 37.8 Å². The van der Waals surface area contributed by atoms with Crippen LogP contribution in [0.2, 0.25) is 0 Å². The van der Waals surface area contributed by atoms with E-state index < -0.39 is 0 Å². The average molecular weight is 297 g/mol. The number of rotatable bonds is 2. The van der Waals surface area contributed by atoms with E-state index in [4.69, 9.17) is 0 Å². The molecule has 4 nitrogen and oxygen atoms in total. The van der Waals surface area contributed by atoms with Gasteiger partial charge in [-0.3, -0.25) is 14.6 Å². The Morgan fingerprint density at radius 1 is 1.00 bits per heavy atom. The van der Waals surface area contributed by atoms with Crippen molar-refractivity contribution >= 4 is 17.7 Å². The summed E-state index contributed by atoms with van der Waals surface area (Å²) in [5, 5.41) is 0. The van der Waals surface area contributed by atoms with Gasteiger partial charge in [-0.05, 0) is 39.3 Å². The Kier molecular flexibility index (Phi) is 4.89. The SMILES string of the molecule is CN1CCC[C@H]1C(=O)N1CCC(N2CCSCC2)CC1. The van der Waals surface area contributed by atoms with Gasteiger partial charge in [0.2, 0.25) is 5.91 Å². The molecule has 0 N–H and O–H groups in total. The van der Waals surface area contributed by atoms with E-state index in [2.05, 4.69) is 33.5 Å². The lowest BCUT2D eigenvalue weighted by Crippen LogP contribution is -2.52. The summed E-state index contributed by atoms with van der Waals surface area (Å²) in [6.45, 7) is 5.51. The molecule has 3 heterocycles. The fourth-order valence-corrected chi connectivity index (χ4v) is 4.76. The second-order valence-electron chi connectivity index (χ2n) is 6.34. The normalized spacial score (nSPS) is 30.9. The Labute approximate surface area is 126 Å². The number of hydrogen-bond donors (Lipinski definition) is 0. The molecule has 1 atom stereocenters. The van der Waals surface area contributed by atoms with Gasteiger partial charge < -0.3 is 4.90 Å². The number of likely N-dealkylation sites (N-methyl/N-ethyl adjacent to an activating group) is 1. The fraction of sp³-hybridized carbons (Fsp3) is 0.933. The van der Waals surface area contributed by atoms with Crippen molar-refractivity contribution in [1.29, 1.82) is 0 Å². The molecule has 0 radical (unpaired) electrons. The van der Waals surface area contributed by atoms with Crippen LogP contribution in [-0.2, 0) is 4.79 Å². The van der Waals surface area contributed by atoms with Crippen molar-refractivity contribution in [3.8, 4) is 0 Å². The first-order valence-electron chi connectivity index (χ1n) is 8.06. The van der Waals surface area contributed by atoms with E-state index in [-0.39, 0.29) is 6.04 Å². The number of amides is 1. The molecule has 0 bridgehead atoms. The van der Waals surface area contributed by atoms with Crippen LogP contribution in [0.15, 0.2) is 0 Å². The van der Waals surface area contributed by atoms with Gasteiger partial charge in [-0.2, -0.15) is 11.8 Å². The van der Waals surface area contributed by atoms with Crippen LogP contribution >= 0.6 is 11.8 Å². The first kappa shape index (κ1) is 14.7. The van der Waals surface area contributed by atoms with E-state index in [0.29, 0.717) is 5.91 Å². The molecule has 0 saturated carbocycles. The van der Waals surface area contributed by atoms with Crippen LogP contribution in [0.5, 0.6) is 0 Å². The number of nitrogens with zero attached hydrogens (tertiary/aromatic N) is 3. The van der Waals surface area contributed by atoms with Gasteiger partial charge in [0.15, 0.2) is 0 Å². The van der Waals surface area contributed by atoms with Crippen LogP contribution in [0, 0.1) is 0 Å². The van der Waals surface area contributed by atoms with E-state index in [9.17, 15) is 4.79 Å². The molecular formula is C15H27N3OS. The number of piperidine rings is 1. The standard InChI is InChI=1S/C15H27N3OS/c1-16-6-2-3-14(16)15(19)18-7-4-13(5-8-18)17-9-11-20-12-10-17/h13-14H,2-12H2,1H3/t14-/m0/s1. The number of carbonyl (C=O) groups excluding carboxylic acids is 1. The van der Waals surface area contributed by atoms with Crippen molar-refractivity contribution in [3.05, 3.63) is 0 Å². The minimum atomic E-state index is 0.165. The minimum absolute atomic E-state index is 0.165. The number of carbonyl (C=O) groups is 1. The minimum Gasteiger partial charge on any atom is -0.341 e. The van der Waals surface area contributed by atoms with E-state index in [0.717, 1.165) is 32.1 Å². The second-order valence-corrected chi connectivity index (χ2v) is 7.57. The van der Waals surface area contributed by atoms with Gasteiger partial charge in [-0.1, -0.05) is 0 Å². The lowest BCUT2D eigenvalue weighted by atomic mass is 10.0. The lowest BCUT2D eigenvalue weighted by molar-refractivity contribution is -0.137. The van der Waals surface area contributed by atoms with Crippen LogP contribution in [0.4, 0.5) is 0 Å². The summed E-state index contributed by atoms with van der Waals surface area (Å²) in [5.74, 6) is 2.95. The topological polar surface area (TPSA) is 26.8 Å². The van der Waals surface area contributed by atoms with Crippen molar-refractivity contribution in [3.63, 3.8) is 0 Å². The Hall–Kier alpha value is -0.260. The Bertz CT molecular complexity index is 338. The highest BCUT2D eigenvalue weighted by Gasteiger charge is 2.34. The highest BCUT2D eigenvalue weighted by molar-refractivity contribution is 7.99. The Morgan fingerprint density at radius 3 is 2.30 bits per heavy atom. The maximum absolute atomic E-state index is 12.6. The summed E-state index contributed by atoms with van der Waals surface area (Å²) in [6, 6.07) is 0.888. The maximum atomic E-state index is 12.6. The first-order chi connectivity index (χ1) is 9.75. The summed E-state index contributed by atoms with van der Waals surface area (Å²) >= 11 is 2.07. The summed E-state index contributed by atoms with van der Waals surface area (Å²) in [6.07, 6.45) is 4.58. The van der Waals surface area contributed by atoms with E-state index >= 15 is 0 Å². The molecule has 3 aliphatic heterocycles. The number of thioether (sulfide) groups is 1. The van der Waals surface area contributed by atoms with Crippen molar-refractivity contribution in [2.75, 3.05) is 51.3 Å². The molecule has 3 saturated heterocycles. The monoisotopic (exact) mass is 297 g/mol. The Balaban J connectivity index is 1.49. The Morgan fingerprint density at radius 2 is 1.70 bits per heavy atom. The number of likely N-dealkylation sites (tertiary alicyclic amines) is 2. The van der Waals surface area contributed by atoms with E-state index in [1.807, 2.05) is 0 Å². The largest absolute Gasteiger partial charge is 0.341 e. The highest BCUT2D eigenvalue weighted by atomic mass is 32.2. The van der Waals surface area contributed by atoms with Gasteiger partial charge in [0.25, 0.3) is 0 Å². The smallest absolute Gasteiger partial charge is 0.239 e. The molecule has 20 heavy (non-hydrogen) atoms. The van der Waals surface area contributed by atoms with Crippen LogP contribution in [0.1, 0.15) is 25.7 Å². The predicted molar refractivity (Wildman–Crippen MR) is 84.2 cm³/mol. The summed E-state index contributed by atoms with van der Waals surface area (Å²) in [5.41, 5.74) is 0. The van der Waals surface area contributed by atoms with Crippen molar-refractivity contribution < 1.29 is 4.79 Å². The van der Waals surface area contributed by atoms with Crippen molar-refractivity contribution in [1.82, 2.24) is 14.7 Å². The molecule has 3 rings (SSSR count). The van der Waals surface area contributed by atoms with Gasteiger partial charge in [0.05, 0.1) is 6.04 Å². The summed E-state index contributed by atoms with van der Waals surface area (Å²) < 4.78 is 0. The van der Waals surface area contributed by atoms with Gasteiger partial charge in [-0.15, -0.1) is 0 Å². The maximum Gasteiger partial charge on any atom is 0.239 e. The van der Waals surface area contributed by atoms with Crippen LogP contribution in [-0.4, -0.2) is 84.0 Å². The van der Waals surface area contributed by atoms with Crippen LogP contribution < -0.4 is 0 Å². The van der Waals surface area contributed by atoms with Gasteiger partial charge >= 0.3 is 0 Å². The first-order valence-corrected chi connectivity index (χ1v) is 9.22. The highest BCUT2D eigenvalue weighted by Crippen LogP contribution is 2.23. The van der Waals surface area contributed by atoms with E-state index in [1.165, 1.54) is 43.9 Å². The lowest BCUT2D eigenvalue weighted by Gasteiger charge is -2.41. The van der Waals surface area contributed by atoms with E-state index in [1.54, 1.807) is 0 Å². The third-order valence-corrected chi connectivity index (χ3v) is 6.09. The van der Waals surface area contributed by atoms with Gasteiger partial charge in [0.1, 0.15) is 0 Å². The predicted octanol–water partition coefficient (Wildman–Crippen LogP) is 1.12. The molecule has 0 aromatic heterocycles.